The van der Waals surface area contributed by atoms with Crippen molar-refractivity contribution in [1.29, 1.82) is 0 Å². The number of benzene rings is 1. The minimum atomic E-state index is -0.0753. The van der Waals surface area contributed by atoms with Crippen molar-refractivity contribution in [1.82, 2.24) is 10.2 Å². The van der Waals surface area contributed by atoms with Crippen molar-refractivity contribution in [2.24, 2.45) is 0 Å². The van der Waals surface area contributed by atoms with Crippen LogP contribution >= 0.6 is 45.5 Å². The van der Waals surface area contributed by atoms with Crippen molar-refractivity contribution in [2.45, 2.75) is 19.2 Å². The molecular weight excluding hydrogens is 355 g/mol. The van der Waals surface area contributed by atoms with Gasteiger partial charge in [0.15, 0.2) is 0 Å². The van der Waals surface area contributed by atoms with Gasteiger partial charge in [0.05, 0.1) is 5.38 Å². The van der Waals surface area contributed by atoms with Crippen LogP contribution in [0.2, 0.25) is 0 Å². The largest absolute Gasteiger partial charge is 0.148 e. The summed E-state index contributed by atoms with van der Waals surface area (Å²) in [7, 11) is 0. The number of nitrogens with zero attached hydrogens (tertiary/aromatic N) is 2. The van der Waals surface area contributed by atoms with Crippen molar-refractivity contribution in [3.63, 3.8) is 0 Å². The van der Waals surface area contributed by atoms with Gasteiger partial charge in [-0.3, -0.25) is 0 Å². The molecule has 5 heteroatoms. The van der Waals surface area contributed by atoms with Gasteiger partial charge in [-0.05, 0) is 42.0 Å². The maximum absolute atomic E-state index is 5.98. The van der Waals surface area contributed by atoms with Gasteiger partial charge in [-0.1, -0.05) is 29.5 Å². The summed E-state index contributed by atoms with van der Waals surface area (Å²) >= 11 is 9.88. The lowest BCUT2D eigenvalue weighted by Crippen LogP contribution is -1.85. The summed E-state index contributed by atoms with van der Waals surface area (Å²) in [5, 5.41) is 10.0. The van der Waals surface area contributed by atoms with E-state index in [1.165, 1.54) is 9.13 Å². The first-order valence-corrected chi connectivity index (χ1v) is 7.15. The topological polar surface area (TPSA) is 25.8 Å². The van der Waals surface area contributed by atoms with Gasteiger partial charge in [-0.2, -0.15) is 0 Å². The van der Waals surface area contributed by atoms with Gasteiger partial charge in [0.2, 0.25) is 0 Å². The third-order valence-electron chi connectivity index (χ3n) is 2.20. The molecule has 2 rings (SSSR count). The zero-order chi connectivity index (χ0) is 11.7. The molecule has 0 amide bonds. The van der Waals surface area contributed by atoms with Gasteiger partial charge in [0.25, 0.3) is 0 Å². The predicted molar refractivity (Wildman–Crippen MR) is 77.1 cm³/mol. The SMILES string of the molecule is Cc1cccc(-c2nnc(C(C)Cl)s2)c1I. The number of hydrogen-bond acceptors (Lipinski definition) is 3. The molecule has 1 aromatic carbocycles. The summed E-state index contributed by atoms with van der Waals surface area (Å²) in [5.41, 5.74) is 2.40. The van der Waals surface area contributed by atoms with E-state index in [-0.39, 0.29) is 5.38 Å². The monoisotopic (exact) mass is 364 g/mol. The van der Waals surface area contributed by atoms with Crippen molar-refractivity contribution >= 4 is 45.5 Å². The van der Waals surface area contributed by atoms with E-state index in [4.69, 9.17) is 11.6 Å². The highest BCUT2D eigenvalue weighted by atomic mass is 127. The number of halogens is 2. The minimum Gasteiger partial charge on any atom is -0.142 e. The lowest BCUT2D eigenvalue weighted by atomic mass is 10.1. The number of aryl methyl sites for hydroxylation is 1. The Hall–Kier alpha value is -0.200. The van der Waals surface area contributed by atoms with Crippen molar-refractivity contribution in [3.8, 4) is 10.6 Å². The first-order valence-electron chi connectivity index (χ1n) is 4.82. The van der Waals surface area contributed by atoms with E-state index in [0.29, 0.717) is 0 Å². The van der Waals surface area contributed by atoms with Crippen molar-refractivity contribution in [2.75, 3.05) is 0 Å². The highest BCUT2D eigenvalue weighted by Crippen LogP contribution is 2.32. The summed E-state index contributed by atoms with van der Waals surface area (Å²) in [5.74, 6) is 0. The molecule has 1 aromatic heterocycles. The Balaban J connectivity index is 2.47. The summed E-state index contributed by atoms with van der Waals surface area (Å²) in [6.45, 7) is 4.00. The van der Waals surface area contributed by atoms with E-state index in [9.17, 15) is 0 Å². The predicted octanol–water partition coefficient (Wildman–Crippen LogP) is 4.42. The summed E-state index contributed by atoms with van der Waals surface area (Å²) in [4.78, 5) is 0. The van der Waals surface area contributed by atoms with Crippen LogP contribution in [-0.4, -0.2) is 10.2 Å². The van der Waals surface area contributed by atoms with Crippen LogP contribution < -0.4 is 0 Å². The van der Waals surface area contributed by atoms with Crippen LogP contribution in [0.15, 0.2) is 18.2 Å². The molecule has 16 heavy (non-hydrogen) atoms. The average molecular weight is 365 g/mol. The van der Waals surface area contributed by atoms with E-state index in [2.05, 4.69) is 51.8 Å². The van der Waals surface area contributed by atoms with Gasteiger partial charge in [0.1, 0.15) is 10.0 Å². The first kappa shape index (κ1) is 12.3. The van der Waals surface area contributed by atoms with Crippen LogP contribution in [0.5, 0.6) is 0 Å². The molecule has 0 saturated heterocycles. The first-order chi connectivity index (χ1) is 7.59. The Morgan fingerprint density at radius 2 is 2.12 bits per heavy atom. The van der Waals surface area contributed by atoms with E-state index in [1.54, 1.807) is 11.3 Å². The fraction of sp³-hybridized carbons (Fsp3) is 0.273. The second-order valence-electron chi connectivity index (χ2n) is 3.50. The van der Waals surface area contributed by atoms with Crippen LogP contribution in [0.1, 0.15) is 22.9 Å². The molecule has 2 nitrogen and oxygen atoms in total. The molecule has 0 N–H and O–H groups in total. The number of aromatic nitrogens is 2. The minimum absolute atomic E-state index is 0.0753. The van der Waals surface area contributed by atoms with Crippen molar-refractivity contribution in [3.05, 3.63) is 32.3 Å². The van der Waals surface area contributed by atoms with Gasteiger partial charge >= 0.3 is 0 Å². The molecule has 1 unspecified atom stereocenters. The van der Waals surface area contributed by atoms with Gasteiger partial charge < -0.3 is 0 Å². The second-order valence-corrected chi connectivity index (χ2v) is 6.24. The Morgan fingerprint density at radius 3 is 2.75 bits per heavy atom. The fourth-order valence-electron chi connectivity index (χ4n) is 1.32. The third-order valence-corrected chi connectivity index (χ3v) is 5.11. The molecule has 0 fully saturated rings. The Labute approximate surface area is 117 Å². The zero-order valence-corrected chi connectivity index (χ0v) is 12.6. The molecule has 0 aliphatic carbocycles. The molecule has 2 aromatic rings. The summed E-state index contributed by atoms with van der Waals surface area (Å²) in [6, 6.07) is 6.20. The Kier molecular flexibility index (Phi) is 3.81. The van der Waals surface area contributed by atoms with E-state index < -0.39 is 0 Å². The highest BCUT2D eigenvalue weighted by Gasteiger charge is 2.13. The molecule has 0 aliphatic rings. The summed E-state index contributed by atoms with van der Waals surface area (Å²) < 4.78 is 1.23. The standard InChI is InChI=1S/C11H10ClIN2S/c1-6-4-3-5-8(9(6)13)11-15-14-10(16-11)7(2)12/h3-5,7H,1-2H3. The lowest BCUT2D eigenvalue weighted by Gasteiger charge is -2.02. The zero-order valence-electron chi connectivity index (χ0n) is 8.87. The molecule has 0 radical (unpaired) electrons. The van der Waals surface area contributed by atoms with Crippen molar-refractivity contribution < 1.29 is 0 Å². The number of hydrogen-bond donors (Lipinski definition) is 0. The maximum atomic E-state index is 5.98. The number of rotatable bonds is 2. The molecule has 0 aliphatic heterocycles. The lowest BCUT2D eigenvalue weighted by molar-refractivity contribution is 0.962. The quantitative estimate of drug-likeness (QED) is 0.582. The molecule has 0 saturated carbocycles. The summed E-state index contributed by atoms with van der Waals surface area (Å²) in [6.07, 6.45) is 0. The molecular formula is C11H10ClIN2S. The van der Waals surface area contributed by atoms with Gasteiger partial charge in [0, 0.05) is 9.13 Å². The second kappa shape index (κ2) is 4.98. The molecule has 1 heterocycles. The molecule has 0 bridgehead atoms. The van der Waals surface area contributed by atoms with Crippen LogP contribution in [0, 0.1) is 10.5 Å². The van der Waals surface area contributed by atoms with E-state index >= 15 is 0 Å². The smallest absolute Gasteiger partial charge is 0.142 e. The van der Waals surface area contributed by atoms with Gasteiger partial charge in [-0.15, -0.1) is 21.8 Å². The molecule has 0 spiro atoms. The fourth-order valence-corrected chi connectivity index (χ4v) is 3.10. The average Bonchev–Trinajstić information content (AvgIpc) is 2.71. The van der Waals surface area contributed by atoms with E-state index in [0.717, 1.165) is 15.6 Å². The van der Waals surface area contributed by atoms with E-state index in [1.807, 2.05) is 13.0 Å². The Morgan fingerprint density at radius 1 is 1.38 bits per heavy atom. The van der Waals surface area contributed by atoms with Crippen LogP contribution in [0.3, 0.4) is 0 Å². The normalized spacial score (nSPS) is 12.8. The van der Waals surface area contributed by atoms with Gasteiger partial charge in [-0.25, -0.2) is 0 Å². The maximum Gasteiger partial charge on any atom is 0.148 e. The molecule has 84 valence electrons. The molecule has 1 atom stereocenters. The van der Waals surface area contributed by atoms with Crippen LogP contribution in [0.25, 0.3) is 10.6 Å². The number of alkyl halides is 1. The Bertz CT molecular complexity index is 510. The third kappa shape index (κ3) is 2.38. The van der Waals surface area contributed by atoms with Crippen LogP contribution in [-0.2, 0) is 0 Å². The van der Waals surface area contributed by atoms with Crippen LogP contribution in [0.4, 0.5) is 0 Å². The highest BCUT2D eigenvalue weighted by molar-refractivity contribution is 14.1.